The standard InChI is InChI=1S/C18H26N6O/c1-3-19-18(20-11-10-14-6-8-15(25-2)9-7-14)21-13-17-23-22-16-5-4-12-24(16)17/h6-9H,3-5,10-13H2,1-2H3,(H2,19,20,21). The van der Waals surface area contributed by atoms with Crippen molar-refractivity contribution in [2.24, 2.45) is 4.99 Å². The molecule has 0 saturated heterocycles. The van der Waals surface area contributed by atoms with Crippen LogP contribution < -0.4 is 15.4 Å². The first-order valence-corrected chi connectivity index (χ1v) is 8.86. The molecule has 0 aliphatic carbocycles. The molecule has 2 heterocycles. The van der Waals surface area contributed by atoms with Crippen LogP contribution in [0.5, 0.6) is 5.75 Å². The van der Waals surface area contributed by atoms with Gasteiger partial charge in [-0.1, -0.05) is 12.1 Å². The normalized spacial score (nSPS) is 13.6. The summed E-state index contributed by atoms with van der Waals surface area (Å²) in [4.78, 5) is 4.64. The molecule has 0 fully saturated rings. The zero-order chi connectivity index (χ0) is 17.5. The van der Waals surface area contributed by atoms with Crippen LogP contribution in [0.3, 0.4) is 0 Å². The van der Waals surface area contributed by atoms with E-state index in [1.54, 1.807) is 7.11 Å². The lowest BCUT2D eigenvalue weighted by Gasteiger charge is -2.11. The number of aliphatic imine (C=N–C) groups is 1. The molecular formula is C18H26N6O. The van der Waals surface area contributed by atoms with Gasteiger partial charge in [-0.15, -0.1) is 10.2 Å². The minimum atomic E-state index is 0.546. The van der Waals surface area contributed by atoms with Crippen molar-refractivity contribution in [2.45, 2.75) is 39.3 Å². The number of hydrogen-bond acceptors (Lipinski definition) is 4. The van der Waals surface area contributed by atoms with E-state index in [1.807, 2.05) is 12.1 Å². The average Bonchev–Trinajstić information content (AvgIpc) is 3.24. The molecule has 2 N–H and O–H groups in total. The molecule has 1 aromatic carbocycles. The lowest BCUT2D eigenvalue weighted by atomic mass is 10.1. The third-order valence-corrected chi connectivity index (χ3v) is 4.27. The van der Waals surface area contributed by atoms with Crippen molar-refractivity contribution in [3.05, 3.63) is 41.5 Å². The second-order valence-electron chi connectivity index (χ2n) is 6.01. The highest BCUT2D eigenvalue weighted by atomic mass is 16.5. The smallest absolute Gasteiger partial charge is 0.191 e. The largest absolute Gasteiger partial charge is 0.497 e. The van der Waals surface area contributed by atoms with Gasteiger partial charge in [0, 0.05) is 26.1 Å². The number of rotatable bonds is 7. The zero-order valence-corrected chi connectivity index (χ0v) is 15.0. The van der Waals surface area contributed by atoms with E-state index < -0.39 is 0 Å². The first kappa shape index (κ1) is 17.3. The Morgan fingerprint density at radius 1 is 1.24 bits per heavy atom. The topological polar surface area (TPSA) is 76.4 Å². The van der Waals surface area contributed by atoms with Crippen molar-refractivity contribution in [2.75, 3.05) is 20.2 Å². The highest BCUT2D eigenvalue weighted by Gasteiger charge is 2.16. The number of benzene rings is 1. The highest BCUT2D eigenvalue weighted by Crippen LogP contribution is 2.14. The van der Waals surface area contributed by atoms with Gasteiger partial charge >= 0.3 is 0 Å². The maximum atomic E-state index is 5.19. The Kier molecular flexibility index (Phi) is 5.87. The molecular weight excluding hydrogens is 316 g/mol. The van der Waals surface area contributed by atoms with Gasteiger partial charge in [0.25, 0.3) is 0 Å². The SMILES string of the molecule is CCNC(=NCc1nnc2n1CCC2)NCCc1ccc(OC)cc1. The van der Waals surface area contributed by atoms with E-state index in [0.29, 0.717) is 6.54 Å². The van der Waals surface area contributed by atoms with Crippen molar-refractivity contribution in [3.8, 4) is 5.75 Å². The molecule has 1 aliphatic rings. The van der Waals surface area contributed by atoms with Crippen LogP contribution in [-0.4, -0.2) is 40.9 Å². The summed E-state index contributed by atoms with van der Waals surface area (Å²) in [7, 11) is 1.68. The fourth-order valence-electron chi connectivity index (χ4n) is 2.94. The molecule has 0 unspecified atom stereocenters. The fraction of sp³-hybridized carbons (Fsp3) is 0.500. The molecule has 0 atom stereocenters. The summed E-state index contributed by atoms with van der Waals surface area (Å²) in [6, 6.07) is 8.15. The summed E-state index contributed by atoms with van der Waals surface area (Å²) < 4.78 is 7.37. The maximum Gasteiger partial charge on any atom is 0.191 e. The summed E-state index contributed by atoms with van der Waals surface area (Å²) in [5.41, 5.74) is 1.26. The predicted molar refractivity (Wildman–Crippen MR) is 97.9 cm³/mol. The monoisotopic (exact) mass is 342 g/mol. The van der Waals surface area contributed by atoms with E-state index in [9.17, 15) is 0 Å². The van der Waals surface area contributed by atoms with Crippen LogP contribution in [0.1, 0.15) is 30.6 Å². The number of guanidine groups is 1. The van der Waals surface area contributed by atoms with Gasteiger partial charge in [-0.25, -0.2) is 4.99 Å². The number of nitrogens with zero attached hydrogens (tertiary/aromatic N) is 4. The molecule has 0 radical (unpaired) electrons. The third kappa shape index (κ3) is 4.49. The van der Waals surface area contributed by atoms with Gasteiger partial charge in [-0.2, -0.15) is 0 Å². The van der Waals surface area contributed by atoms with Crippen LogP contribution in [0.4, 0.5) is 0 Å². The number of nitrogens with one attached hydrogen (secondary N) is 2. The minimum Gasteiger partial charge on any atom is -0.497 e. The molecule has 0 bridgehead atoms. The molecule has 2 aromatic rings. The van der Waals surface area contributed by atoms with E-state index in [4.69, 9.17) is 4.74 Å². The van der Waals surface area contributed by atoms with E-state index in [2.05, 4.69) is 49.4 Å². The van der Waals surface area contributed by atoms with Crippen molar-refractivity contribution in [1.82, 2.24) is 25.4 Å². The first-order valence-electron chi connectivity index (χ1n) is 8.86. The van der Waals surface area contributed by atoms with E-state index in [0.717, 1.165) is 62.3 Å². The molecule has 134 valence electrons. The van der Waals surface area contributed by atoms with Gasteiger partial charge in [0.2, 0.25) is 0 Å². The van der Waals surface area contributed by atoms with Crippen molar-refractivity contribution < 1.29 is 4.74 Å². The van der Waals surface area contributed by atoms with Crippen molar-refractivity contribution in [1.29, 1.82) is 0 Å². The minimum absolute atomic E-state index is 0.546. The Balaban J connectivity index is 1.53. The number of aromatic nitrogens is 3. The molecule has 0 saturated carbocycles. The number of aryl methyl sites for hydroxylation is 1. The van der Waals surface area contributed by atoms with E-state index >= 15 is 0 Å². The van der Waals surface area contributed by atoms with Gasteiger partial charge < -0.3 is 19.9 Å². The molecule has 25 heavy (non-hydrogen) atoms. The number of hydrogen-bond donors (Lipinski definition) is 2. The van der Waals surface area contributed by atoms with E-state index in [1.165, 1.54) is 5.56 Å². The van der Waals surface area contributed by atoms with E-state index in [-0.39, 0.29) is 0 Å². The third-order valence-electron chi connectivity index (χ3n) is 4.27. The Morgan fingerprint density at radius 2 is 2.08 bits per heavy atom. The van der Waals surface area contributed by atoms with Crippen molar-refractivity contribution in [3.63, 3.8) is 0 Å². The first-order chi connectivity index (χ1) is 12.3. The Hall–Kier alpha value is -2.57. The van der Waals surface area contributed by atoms with Crippen LogP contribution in [0, 0.1) is 0 Å². The summed E-state index contributed by atoms with van der Waals surface area (Å²) in [6.45, 7) is 5.26. The Labute approximate surface area is 148 Å². The van der Waals surface area contributed by atoms with Gasteiger partial charge in [0.15, 0.2) is 11.8 Å². The average molecular weight is 342 g/mol. The summed E-state index contributed by atoms with van der Waals surface area (Å²) >= 11 is 0. The number of ether oxygens (including phenoxy) is 1. The van der Waals surface area contributed by atoms with Gasteiger partial charge in [0.05, 0.1) is 7.11 Å². The molecule has 7 nitrogen and oxygen atoms in total. The summed E-state index contributed by atoms with van der Waals surface area (Å²) in [5.74, 6) is 3.72. The van der Waals surface area contributed by atoms with Crippen LogP contribution in [-0.2, 0) is 25.9 Å². The van der Waals surface area contributed by atoms with Crippen LogP contribution in [0.2, 0.25) is 0 Å². The summed E-state index contributed by atoms with van der Waals surface area (Å²) in [5, 5.41) is 15.1. The maximum absolute atomic E-state index is 5.19. The molecule has 1 aliphatic heterocycles. The molecule has 7 heteroatoms. The second-order valence-corrected chi connectivity index (χ2v) is 6.01. The highest BCUT2D eigenvalue weighted by molar-refractivity contribution is 5.79. The Bertz CT molecular complexity index is 707. The molecule has 1 aromatic heterocycles. The van der Waals surface area contributed by atoms with Gasteiger partial charge in [-0.3, -0.25) is 0 Å². The fourth-order valence-corrected chi connectivity index (χ4v) is 2.94. The van der Waals surface area contributed by atoms with Crippen LogP contribution >= 0.6 is 0 Å². The quantitative estimate of drug-likeness (QED) is 0.589. The summed E-state index contributed by atoms with van der Waals surface area (Å²) in [6.07, 6.45) is 3.10. The lowest BCUT2D eigenvalue weighted by Crippen LogP contribution is -2.38. The lowest BCUT2D eigenvalue weighted by molar-refractivity contribution is 0.414. The second kappa shape index (κ2) is 8.50. The van der Waals surface area contributed by atoms with Gasteiger partial charge in [0.1, 0.15) is 18.1 Å². The van der Waals surface area contributed by atoms with Gasteiger partial charge in [-0.05, 0) is 37.5 Å². The molecule has 0 amide bonds. The number of methoxy groups -OCH3 is 1. The zero-order valence-electron chi connectivity index (χ0n) is 15.0. The Morgan fingerprint density at radius 3 is 2.84 bits per heavy atom. The van der Waals surface area contributed by atoms with Crippen LogP contribution in [0.25, 0.3) is 0 Å². The number of fused-ring (bicyclic) bond motifs is 1. The van der Waals surface area contributed by atoms with Crippen LogP contribution in [0.15, 0.2) is 29.3 Å². The van der Waals surface area contributed by atoms with Crippen molar-refractivity contribution >= 4 is 5.96 Å². The predicted octanol–water partition coefficient (Wildman–Crippen LogP) is 1.53. The molecule has 3 rings (SSSR count). The molecule has 0 spiro atoms.